The van der Waals surface area contributed by atoms with Gasteiger partial charge in [0.05, 0.1) is 49.3 Å². The Labute approximate surface area is 281 Å². The van der Waals surface area contributed by atoms with E-state index in [0.29, 0.717) is 43.1 Å². The minimum absolute atomic E-state index is 0.0264. The highest BCUT2D eigenvalue weighted by Gasteiger charge is 2.38. The summed E-state index contributed by atoms with van der Waals surface area (Å²) in [5.74, 6) is -2.33. The largest absolute Gasteiger partial charge is 0.481 e. The first kappa shape index (κ1) is 36.0. The summed E-state index contributed by atoms with van der Waals surface area (Å²) in [6, 6.07) is 6.43. The summed E-state index contributed by atoms with van der Waals surface area (Å²) < 4.78 is 71.6. The molecule has 0 unspecified atom stereocenters. The van der Waals surface area contributed by atoms with E-state index in [1.54, 1.807) is 39.1 Å². The maximum Gasteiger partial charge on any atom is 0.421 e. The lowest BCUT2D eigenvalue weighted by atomic mass is 9.77. The van der Waals surface area contributed by atoms with Crippen LogP contribution in [0.15, 0.2) is 30.5 Å². The van der Waals surface area contributed by atoms with Gasteiger partial charge in [0.2, 0.25) is 11.8 Å². The molecule has 1 aliphatic heterocycles. The van der Waals surface area contributed by atoms with Crippen molar-refractivity contribution in [3.05, 3.63) is 58.4 Å². The predicted molar refractivity (Wildman–Crippen MR) is 174 cm³/mol. The molecule has 0 bridgehead atoms. The number of hydrogen-bond donors (Lipinski definition) is 3. The molecule has 264 valence electrons. The molecule has 13 nitrogen and oxygen atoms in total. The van der Waals surface area contributed by atoms with Crippen LogP contribution >= 0.6 is 7.60 Å². The number of aliphatic carboxylic acids is 1. The maximum atomic E-state index is 14.2. The van der Waals surface area contributed by atoms with Gasteiger partial charge in [-0.3, -0.25) is 14.2 Å². The molecule has 2 aromatic heterocycles. The maximum absolute atomic E-state index is 14.2. The third-order valence-corrected chi connectivity index (χ3v) is 10.5. The number of anilines is 4. The first-order chi connectivity index (χ1) is 23.3. The number of nitrogens with one attached hydrogen (secondary N) is 2. The second kappa shape index (κ2) is 14.7. The van der Waals surface area contributed by atoms with Crippen molar-refractivity contribution in [1.82, 2.24) is 19.9 Å². The van der Waals surface area contributed by atoms with E-state index >= 15 is 0 Å². The van der Waals surface area contributed by atoms with E-state index in [1.807, 2.05) is 0 Å². The number of rotatable bonds is 13. The Hall–Kier alpha value is -4.27. The predicted octanol–water partition coefficient (Wildman–Crippen LogP) is 7.10. The van der Waals surface area contributed by atoms with Gasteiger partial charge >= 0.3 is 19.7 Å². The van der Waals surface area contributed by atoms with Crippen molar-refractivity contribution in [2.24, 2.45) is 5.92 Å². The van der Waals surface area contributed by atoms with Gasteiger partial charge in [-0.2, -0.15) is 18.2 Å². The molecule has 0 spiro atoms. The van der Waals surface area contributed by atoms with Crippen LogP contribution in [-0.4, -0.2) is 64.2 Å². The van der Waals surface area contributed by atoms with Gasteiger partial charge in [-0.05, 0) is 74.8 Å². The molecule has 5 rings (SSSR count). The smallest absolute Gasteiger partial charge is 0.421 e. The molecule has 0 atom stereocenters. The summed E-state index contributed by atoms with van der Waals surface area (Å²) in [5, 5.41) is 15.0. The lowest BCUT2D eigenvalue weighted by Crippen LogP contribution is -2.21. The highest BCUT2D eigenvalue weighted by molar-refractivity contribution is 7.53. The number of carbonyl (C=O) groups is 2. The van der Waals surface area contributed by atoms with E-state index in [0.717, 1.165) is 5.56 Å². The van der Waals surface area contributed by atoms with E-state index in [9.17, 15) is 32.4 Å². The second-order valence-corrected chi connectivity index (χ2v) is 13.8. The third kappa shape index (κ3) is 7.97. The van der Waals surface area contributed by atoms with Gasteiger partial charge in [0.25, 0.3) is 5.91 Å². The van der Waals surface area contributed by atoms with Crippen LogP contribution in [0.5, 0.6) is 5.88 Å². The molecule has 3 heterocycles. The Balaban J connectivity index is 1.45. The Morgan fingerprint density at radius 2 is 1.71 bits per heavy atom. The van der Waals surface area contributed by atoms with Gasteiger partial charge in [0.1, 0.15) is 17.1 Å². The molecular weight excluding hydrogens is 668 g/mol. The van der Waals surface area contributed by atoms with Crippen LogP contribution in [0.4, 0.5) is 36.3 Å². The van der Waals surface area contributed by atoms with Gasteiger partial charge < -0.3 is 34.4 Å². The normalized spacial score (nSPS) is 17.9. The molecule has 49 heavy (non-hydrogen) atoms. The fraction of sp³-hybridized carbons (Fsp3) is 0.469. The van der Waals surface area contributed by atoms with E-state index in [-0.39, 0.29) is 66.5 Å². The zero-order chi connectivity index (χ0) is 35.5. The number of halogens is 3. The topological polar surface area (TPSA) is 165 Å². The number of hydrogen-bond acceptors (Lipinski definition) is 11. The molecule has 2 aliphatic rings. The fourth-order valence-corrected chi connectivity index (χ4v) is 7.86. The van der Waals surface area contributed by atoms with Gasteiger partial charge in [0, 0.05) is 19.8 Å². The highest BCUT2D eigenvalue weighted by atomic mass is 31.2. The number of fused-ring (bicyclic) bond motifs is 1. The number of methoxy groups -OCH3 is 1. The van der Waals surface area contributed by atoms with Crippen molar-refractivity contribution in [1.29, 1.82) is 0 Å². The summed E-state index contributed by atoms with van der Waals surface area (Å²) in [6.45, 7) is 3.99. The number of carboxylic acid groups (broad SMARTS) is 1. The van der Waals surface area contributed by atoms with Gasteiger partial charge in [0.15, 0.2) is 0 Å². The zero-order valence-corrected chi connectivity index (χ0v) is 28.4. The molecule has 3 N–H and O–H groups in total. The number of carboxylic acids is 1. The van der Waals surface area contributed by atoms with Crippen LogP contribution in [-0.2, 0) is 37.3 Å². The van der Waals surface area contributed by atoms with Crippen LogP contribution in [0.25, 0.3) is 0 Å². The molecule has 1 amide bonds. The standard InChI is InChI=1S/C32H38F3N6O7P/c1-5-47-49(45,48-6-2)17-20-11-13-25(28(37-20)46-4)39-31-36-15-23(32(33,34)35)27(40-31)38-24-14-12-21(22-16-41(3)29(42)26(22)24)18-7-9-19(10-8-18)30(43)44/h11-15,18-19H,5-10,16-17H2,1-4H3,(H,43,44)(H2,36,38,39,40)/t18-,19+. The lowest BCUT2D eigenvalue weighted by Gasteiger charge is -2.28. The average Bonchev–Trinajstić information content (AvgIpc) is 3.35. The third-order valence-electron chi connectivity index (χ3n) is 8.53. The zero-order valence-electron chi connectivity index (χ0n) is 27.5. The summed E-state index contributed by atoms with van der Waals surface area (Å²) in [5.41, 5.74) is 1.41. The SMILES string of the molecule is CCOP(=O)(Cc1ccc(Nc2ncc(C(F)(F)F)c(Nc3ccc([C@H]4CC[C@@H](C(=O)O)CC4)c4c3C(=O)N(C)C4)n2)c(OC)n1)OCC. The number of alkyl halides is 3. The van der Waals surface area contributed by atoms with Crippen LogP contribution in [0.3, 0.4) is 0 Å². The van der Waals surface area contributed by atoms with Crippen LogP contribution < -0.4 is 15.4 Å². The highest BCUT2D eigenvalue weighted by Crippen LogP contribution is 2.51. The number of benzene rings is 1. The van der Waals surface area contributed by atoms with Gasteiger partial charge in [-0.25, -0.2) is 9.97 Å². The lowest BCUT2D eigenvalue weighted by molar-refractivity contribution is -0.143. The Bertz CT molecular complexity index is 1760. The van der Waals surface area contributed by atoms with Gasteiger partial charge in [-0.15, -0.1) is 0 Å². The van der Waals surface area contributed by atoms with Gasteiger partial charge in [-0.1, -0.05) is 6.07 Å². The number of aromatic nitrogens is 3. The van der Waals surface area contributed by atoms with Crippen molar-refractivity contribution >= 4 is 42.6 Å². The molecule has 1 aromatic carbocycles. The molecule has 1 saturated carbocycles. The molecule has 0 saturated heterocycles. The molecular formula is C32H38F3N6O7P. The quantitative estimate of drug-likeness (QED) is 0.155. The number of nitrogens with zero attached hydrogens (tertiary/aromatic N) is 4. The van der Waals surface area contributed by atoms with Crippen molar-refractivity contribution < 1.29 is 46.2 Å². The monoisotopic (exact) mass is 706 g/mol. The van der Waals surface area contributed by atoms with E-state index in [2.05, 4.69) is 25.6 Å². The van der Waals surface area contributed by atoms with Crippen molar-refractivity contribution in [2.45, 2.75) is 64.3 Å². The van der Waals surface area contributed by atoms with Crippen LogP contribution in [0.2, 0.25) is 0 Å². The fourth-order valence-electron chi connectivity index (χ4n) is 6.25. The molecule has 3 aromatic rings. The minimum Gasteiger partial charge on any atom is -0.481 e. The van der Waals surface area contributed by atoms with Crippen LogP contribution in [0, 0.1) is 5.92 Å². The summed E-state index contributed by atoms with van der Waals surface area (Å²) in [6.07, 6.45) is -2.05. The minimum atomic E-state index is -4.83. The molecule has 0 radical (unpaired) electrons. The number of amides is 1. The summed E-state index contributed by atoms with van der Waals surface area (Å²) >= 11 is 0. The van der Waals surface area contributed by atoms with Crippen LogP contribution in [0.1, 0.15) is 78.2 Å². The Morgan fingerprint density at radius 1 is 1.04 bits per heavy atom. The van der Waals surface area contributed by atoms with E-state index in [4.69, 9.17) is 13.8 Å². The number of pyridine rings is 1. The van der Waals surface area contributed by atoms with E-state index in [1.165, 1.54) is 18.1 Å². The summed E-state index contributed by atoms with van der Waals surface area (Å²) in [4.78, 5) is 38.6. The summed E-state index contributed by atoms with van der Waals surface area (Å²) in [7, 11) is -0.512. The van der Waals surface area contributed by atoms with E-state index < -0.39 is 37.0 Å². The Morgan fingerprint density at radius 3 is 2.33 bits per heavy atom. The molecule has 17 heteroatoms. The van der Waals surface area contributed by atoms with Crippen molar-refractivity contribution in [3.8, 4) is 5.88 Å². The van der Waals surface area contributed by atoms with Crippen molar-refractivity contribution in [2.75, 3.05) is 38.0 Å². The first-order valence-electron chi connectivity index (χ1n) is 15.8. The second-order valence-electron chi connectivity index (χ2n) is 11.8. The number of carbonyl (C=O) groups excluding carboxylic acids is 1. The average molecular weight is 707 g/mol. The Kier molecular flexibility index (Phi) is 10.8. The molecule has 1 aliphatic carbocycles. The van der Waals surface area contributed by atoms with Crippen molar-refractivity contribution in [3.63, 3.8) is 0 Å². The first-order valence-corrected chi connectivity index (χ1v) is 17.5. The number of ether oxygens (including phenoxy) is 1. The molecule has 1 fully saturated rings.